The first kappa shape index (κ1) is 16.2. The third kappa shape index (κ3) is 4.15. The predicted molar refractivity (Wildman–Crippen MR) is 78.9 cm³/mol. The fourth-order valence-corrected chi connectivity index (χ4v) is 2.96. The molecule has 0 amide bonds. The van der Waals surface area contributed by atoms with E-state index in [9.17, 15) is 9.50 Å². The van der Waals surface area contributed by atoms with Gasteiger partial charge in [0.15, 0.2) is 11.6 Å². The molecule has 1 aliphatic heterocycles. The number of aliphatic hydroxyl groups excluding tert-OH is 1. The molecule has 0 bridgehead atoms. The van der Waals surface area contributed by atoms with Crippen LogP contribution in [0.5, 0.6) is 5.75 Å². The quantitative estimate of drug-likeness (QED) is 0.872. The van der Waals surface area contributed by atoms with Gasteiger partial charge in [0, 0.05) is 25.1 Å². The molecule has 1 atom stereocenters. The highest BCUT2D eigenvalue weighted by Gasteiger charge is 2.33. The molecule has 1 aromatic rings. The summed E-state index contributed by atoms with van der Waals surface area (Å²) in [5.41, 5.74) is 0.693. The van der Waals surface area contributed by atoms with Crippen LogP contribution in [-0.2, 0) is 11.3 Å². The van der Waals surface area contributed by atoms with Crippen molar-refractivity contribution in [3.63, 3.8) is 0 Å². The molecule has 0 aromatic heterocycles. The van der Waals surface area contributed by atoms with Crippen LogP contribution in [-0.4, -0.2) is 50.5 Å². The minimum atomic E-state index is -0.346. The highest BCUT2D eigenvalue weighted by molar-refractivity contribution is 5.29. The zero-order chi connectivity index (χ0) is 15.3. The molecule has 0 saturated carbocycles. The Bertz CT molecular complexity index is 461. The molecular formula is C16H24FNO3. The first-order chi connectivity index (χ1) is 10.1. The highest BCUT2D eigenvalue weighted by Crippen LogP contribution is 2.29. The van der Waals surface area contributed by atoms with Gasteiger partial charge in [-0.2, -0.15) is 0 Å². The summed E-state index contributed by atoms with van der Waals surface area (Å²) >= 11 is 0. The summed E-state index contributed by atoms with van der Waals surface area (Å²) in [5, 5.41) is 9.69. The van der Waals surface area contributed by atoms with Crippen LogP contribution in [0.4, 0.5) is 4.39 Å². The first-order valence-electron chi connectivity index (χ1n) is 7.28. The predicted octanol–water partition coefficient (Wildman–Crippen LogP) is 2.06. The van der Waals surface area contributed by atoms with E-state index in [1.165, 1.54) is 13.2 Å². The van der Waals surface area contributed by atoms with Crippen LogP contribution in [0.2, 0.25) is 0 Å². The monoisotopic (exact) mass is 297 g/mol. The molecule has 1 saturated heterocycles. The zero-order valence-corrected chi connectivity index (χ0v) is 12.8. The van der Waals surface area contributed by atoms with Gasteiger partial charge in [-0.05, 0) is 37.6 Å². The van der Waals surface area contributed by atoms with Gasteiger partial charge in [0.05, 0.1) is 20.3 Å². The summed E-state index contributed by atoms with van der Waals surface area (Å²) in [4.78, 5) is 2.10. The van der Waals surface area contributed by atoms with Crippen LogP contribution >= 0.6 is 0 Å². The lowest BCUT2D eigenvalue weighted by atomic mass is 9.83. The van der Waals surface area contributed by atoms with E-state index < -0.39 is 0 Å². The molecule has 0 spiro atoms. The molecular weight excluding hydrogens is 273 g/mol. The molecule has 1 unspecified atom stereocenters. The molecule has 4 nitrogen and oxygen atoms in total. The number of benzene rings is 1. The fourth-order valence-electron chi connectivity index (χ4n) is 2.96. The number of rotatable bonds is 6. The van der Waals surface area contributed by atoms with E-state index in [0.717, 1.165) is 31.6 Å². The van der Waals surface area contributed by atoms with Crippen molar-refractivity contribution in [2.45, 2.75) is 19.4 Å². The molecule has 1 aliphatic rings. The summed E-state index contributed by atoms with van der Waals surface area (Å²) in [6.07, 6.45) is 1.94. The van der Waals surface area contributed by atoms with Gasteiger partial charge in [0.2, 0.25) is 0 Å². The van der Waals surface area contributed by atoms with Crippen molar-refractivity contribution in [2.75, 3.05) is 40.5 Å². The Morgan fingerprint density at radius 1 is 1.48 bits per heavy atom. The van der Waals surface area contributed by atoms with Gasteiger partial charge in [0.25, 0.3) is 0 Å². The van der Waals surface area contributed by atoms with Crippen molar-refractivity contribution in [1.29, 1.82) is 0 Å². The highest BCUT2D eigenvalue weighted by atomic mass is 19.1. The molecule has 118 valence electrons. The average molecular weight is 297 g/mol. The van der Waals surface area contributed by atoms with E-state index in [-0.39, 0.29) is 23.6 Å². The van der Waals surface area contributed by atoms with E-state index in [1.54, 1.807) is 6.07 Å². The third-order valence-electron chi connectivity index (χ3n) is 4.01. The largest absolute Gasteiger partial charge is 0.494 e. The van der Waals surface area contributed by atoms with E-state index in [1.807, 2.05) is 13.1 Å². The van der Waals surface area contributed by atoms with Crippen LogP contribution in [0.1, 0.15) is 18.4 Å². The van der Waals surface area contributed by atoms with E-state index in [0.29, 0.717) is 13.2 Å². The van der Waals surface area contributed by atoms with Gasteiger partial charge in [-0.15, -0.1) is 0 Å². The average Bonchev–Trinajstić information content (AvgIpc) is 2.48. The summed E-state index contributed by atoms with van der Waals surface area (Å²) in [6, 6.07) is 5.00. The number of methoxy groups -OCH3 is 1. The minimum Gasteiger partial charge on any atom is -0.494 e. The summed E-state index contributed by atoms with van der Waals surface area (Å²) in [6.45, 7) is 2.84. The molecule has 5 heteroatoms. The molecule has 1 N–H and O–H groups in total. The van der Waals surface area contributed by atoms with E-state index in [4.69, 9.17) is 9.47 Å². The molecule has 0 aliphatic carbocycles. The Hall–Kier alpha value is -1.17. The van der Waals surface area contributed by atoms with Gasteiger partial charge >= 0.3 is 0 Å². The van der Waals surface area contributed by atoms with E-state index in [2.05, 4.69) is 4.90 Å². The first-order valence-corrected chi connectivity index (χ1v) is 7.28. The second kappa shape index (κ2) is 7.20. The SMILES string of the molecule is COc1ccc(CN(C)CC2(CO)CCCOC2)cc1F. The van der Waals surface area contributed by atoms with E-state index >= 15 is 0 Å². The Balaban J connectivity index is 1.97. The van der Waals surface area contributed by atoms with Gasteiger partial charge in [-0.1, -0.05) is 6.07 Å². The lowest BCUT2D eigenvalue weighted by Gasteiger charge is -2.38. The Morgan fingerprint density at radius 2 is 2.29 bits per heavy atom. The van der Waals surface area contributed by atoms with Gasteiger partial charge in [-0.3, -0.25) is 0 Å². The van der Waals surface area contributed by atoms with Crippen molar-refractivity contribution in [3.8, 4) is 5.75 Å². The topological polar surface area (TPSA) is 41.9 Å². The summed E-state index contributed by atoms with van der Waals surface area (Å²) in [5.74, 6) is -0.0878. The maximum Gasteiger partial charge on any atom is 0.165 e. The van der Waals surface area contributed by atoms with Crippen molar-refractivity contribution in [1.82, 2.24) is 4.90 Å². The number of nitrogens with zero attached hydrogens (tertiary/aromatic N) is 1. The van der Waals surface area contributed by atoms with Crippen molar-refractivity contribution < 1.29 is 19.0 Å². The van der Waals surface area contributed by atoms with Gasteiger partial charge in [-0.25, -0.2) is 4.39 Å². The van der Waals surface area contributed by atoms with Crippen molar-refractivity contribution in [2.24, 2.45) is 5.41 Å². The van der Waals surface area contributed by atoms with Gasteiger partial charge < -0.3 is 19.5 Å². The maximum absolute atomic E-state index is 13.7. The maximum atomic E-state index is 13.7. The van der Waals surface area contributed by atoms with Crippen LogP contribution in [0, 0.1) is 11.2 Å². The minimum absolute atomic E-state index is 0.119. The molecule has 1 heterocycles. The van der Waals surface area contributed by atoms with Crippen molar-refractivity contribution >= 4 is 0 Å². The van der Waals surface area contributed by atoms with Gasteiger partial charge in [0.1, 0.15) is 0 Å². The number of ether oxygens (including phenoxy) is 2. The molecule has 1 aromatic carbocycles. The summed E-state index contributed by atoms with van der Waals surface area (Å²) < 4.78 is 24.1. The number of hydrogen-bond acceptors (Lipinski definition) is 4. The Morgan fingerprint density at radius 3 is 2.86 bits per heavy atom. The fraction of sp³-hybridized carbons (Fsp3) is 0.625. The molecule has 1 fully saturated rings. The van der Waals surface area contributed by atoms with Crippen LogP contribution < -0.4 is 4.74 Å². The smallest absolute Gasteiger partial charge is 0.165 e. The third-order valence-corrected chi connectivity index (χ3v) is 4.01. The standard InChI is InChI=1S/C16H24FNO3/c1-18(10-16(11-19)6-3-7-21-12-16)9-13-4-5-15(20-2)14(17)8-13/h4-5,8,19H,3,6-7,9-12H2,1-2H3. The number of halogens is 1. The number of aliphatic hydroxyl groups is 1. The normalized spacial score (nSPS) is 22.5. The van der Waals surface area contributed by atoms with Crippen LogP contribution in [0.3, 0.4) is 0 Å². The Labute approximate surface area is 125 Å². The number of hydrogen-bond donors (Lipinski definition) is 1. The molecule has 2 rings (SSSR count). The molecule has 0 radical (unpaired) electrons. The Kier molecular flexibility index (Phi) is 5.56. The lowest BCUT2D eigenvalue weighted by Crippen LogP contribution is -2.44. The second-order valence-corrected chi connectivity index (χ2v) is 5.96. The summed E-state index contributed by atoms with van der Waals surface area (Å²) in [7, 11) is 3.44. The zero-order valence-electron chi connectivity index (χ0n) is 12.8. The molecule has 21 heavy (non-hydrogen) atoms. The lowest BCUT2D eigenvalue weighted by molar-refractivity contribution is -0.0531. The second-order valence-electron chi connectivity index (χ2n) is 5.96. The van der Waals surface area contributed by atoms with Crippen LogP contribution in [0.15, 0.2) is 18.2 Å². The van der Waals surface area contributed by atoms with Crippen molar-refractivity contribution in [3.05, 3.63) is 29.6 Å². The van der Waals surface area contributed by atoms with Crippen LogP contribution in [0.25, 0.3) is 0 Å².